The Morgan fingerprint density at radius 3 is 2.56 bits per heavy atom. The fourth-order valence-corrected chi connectivity index (χ4v) is 4.29. The van der Waals surface area contributed by atoms with Crippen molar-refractivity contribution in [3.05, 3.63) is 34.9 Å². The van der Waals surface area contributed by atoms with Crippen molar-refractivity contribution >= 4 is 11.6 Å². The largest absolute Gasteiger partial charge is 0.388 e. The van der Waals surface area contributed by atoms with Crippen LogP contribution in [0.4, 0.5) is 0 Å². The van der Waals surface area contributed by atoms with E-state index in [4.69, 9.17) is 17.3 Å². The van der Waals surface area contributed by atoms with Crippen LogP contribution in [-0.4, -0.2) is 11.7 Å². The van der Waals surface area contributed by atoms with Gasteiger partial charge in [-0.1, -0.05) is 30.2 Å². The van der Waals surface area contributed by atoms with Gasteiger partial charge in [-0.2, -0.15) is 0 Å². The Morgan fingerprint density at radius 2 is 2.06 bits per heavy atom. The van der Waals surface area contributed by atoms with Gasteiger partial charge in [0.25, 0.3) is 0 Å². The van der Waals surface area contributed by atoms with E-state index in [-0.39, 0.29) is 5.41 Å². The quantitative estimate of drug-likeness (QED) is 0.882. The summed E-state index contributed by atoms with van der Waals surface area (Å²) in [6.07, 6.45) is 4.43. The molecule has 0 heterocycles. The molecule has 18 heavy (non-hydrogen) atoms. The molecule has 3 heteroatoms. The van der Waals surface area contributed by atoms with Gasteiger partial charge in [0.2, 0.25) is 0 Å². The molecule has 2 aliphatic rings. The molecule has 0 saturated heterocycles. The standard InChI is InChI=1S/C15H20ClNO/c16-13-5-2-11(3-6-13)14(18)15(9-17)8-10-1-4-12(15)7-10/h2-3,5-6,10,12,14,18H,1,4,7-9,17H2. The minimum absolute atomic E-state index is 0.100. The highest BCUT2D eigenvalue weighted by atomic mass is 35.5. The van der Waals surface area contributed by atoms with Crippen molar-refractivity contribution in [2.75, 3.05) is 6.54 Å². The van der Waals surface area contributed by atoms with Crippen LogP contribution in [0.1, 0.15) is 37.4 Å². The Labute approximate surface area is 113 Å². The molecule has 2 bridgehead atoms. The zero-order chi connectivity index (χ0) is 12.8. The highest BCUT2D eigenvalue weighted by Gasteiger charge is 2.54. The van der Waals surface area contributed by atoms with Gasteiger partial charge in [0.15, 0.2) is 0 Å². The van der Waals surface area contributed by atoms with Crippen molar-refractivity contribution in [1.82, 2.24) is 0 Å². The molecule has 3 rings (SSSR count). The molecule has 0 radical (unpaired) electrons. The van der Waals surface area contributed by atoms with Gasteiger partial charge in [0, 0.05) is 17.0 Å². The molecule has 0 spiro atoms. The minimum Gasteiger partial charge on any atom is -0.388 e. The Morgan fingerprint density at radius 1 is 1.33 bits per heavy atom. The van der Waals surface area contributed by atoms with E-state index in [9.17, 15) is 5.11 Å². The lowest BCUT2D eigenvalue weighted by Gasteiger charge is -2.41. The third-order valence-corrected chi connectivity index (χ3v) is 5.39. The Balaban J connectivity index is 1.90. The average Bonchev–Trinajstić information content (AvgIpc) is 2.99. The maximum Gasteiger partial charge on any atom is 0.0861 e. The lowest BCUT2D eigenvalue weighted by Crippen LogP contribution is -2.41. The van der Waals surface area contributed by atoms with Crippen molar-refractivity contribution < 1.29 is 5.11 Å². The summed E-state index contributed by atoms with van der Waals surface area (Å²) in [5.41, 5.74) is 6.89. The summed E-state index contributed by atoms with van der Waals surface area (Å²) in [6, 6.07) is 7.54. The number of halogens is 1. The van der Waals surface area contributed by atoms with E-state index in [0.29, 0.717) is 17.5 Å². The van der Waals surface area contributed by atoms with Gasteiger partial charge in [-0.15, -0.1) is 0 Å². The van der Waals surface area contributed by atoms with Gasteiger partial charge >= 0.3 is 0 Å². The van der Waals surface area contributed by atoms with Crippen LogP contribution < -0.4 is 5.73 Å². The average molecular weight is 266 g/mol. The van der Waals surface area contributed by atoms with Crippen molar-refractivity contribution in [1.29, 1.82) is 0 Å². The van der Waals surface area contributed by atoms with Crippen LogP contribution in [0.5, 0.6) is 0 Å². The van der Waals surface area contributed by atoms with Crippen molar-refractivity contribution in [3.63, 3.8) is 0 Å². The van der Waals surface area contributed by atoms with Gasteiger partial charge in [-0.25, -0.2) is 0 Å². The monoisotopic (exact) mass is 265 g/mol. The SMILES string of the molecule is NCC1(C(O)c2ccc(Cl)cc2)CC2CCC1C2. The third-order valence-electron chi connectivity index (χ3n) is 5.13. The summed E-state index contributed by atoms with van der Waals surface area (Å²) < 4.78 is 0. The van der Waals surface area contributed by atoms with Crippen LogP contribution in [0.3, 0.4) is 0 Å². The fourth-order valence-electron chi connectivity index (χ4n) is 4.16. The molecule has 2 saturated carbocycles. The molecule has 98 valence electrons. The summed E-state index contributed by atoms with van der Waals surface area (Å²) in [7, 11) is 0. The number of fused-ring (bicyclic) bond motifs is 2. The topological polar surface area (TPSA) is 46.2 Å². The summed E-state index contributed by atoms with van der Waals surface area (Å²) in [5.74, 6) is 1.37. The molecule has 0 aliphatic heterocycles. The lowest BCUT2D eigenvalue weighted by molar-refractivity contribution is -0.0130. The Hall–Kier alpha value is -0.570. The molecule has 2 fully saturated rings. The van der Waals surface area contributed by atoms with Gasteiger partial charge in [-0.05, 0) is 48.8 Å². The van der Waals surface area contributed by atoms with E-state index in [2.05, 4.69) is 0 Å². The second kappa shape index (κ2) is 4.52. The lowest BCUT2D eigenvalue weighted by atomic mass is 9.67. The molecule has 2 aliphatic carbocycles. The zero-order valence-electron chi connectivity index (χ0n) is 10.5. The maximum atomic E-state index is 10.8. The van der Waals surface area contributed by atoms with Gasteiger partial charge < -0.3 is 10.8 Å². The Bertz CT molecular complexity index is 433. The maximum absolute atomic E-state index is 10.8. The number of aliphatic hydroxyl groups excluding tert-OH is 1. The van der Waals surface area contributed by atoms with Crippen molar-refractivity contribution in [2.24, 2.45) is 23.0 Å². The normalized spacial score (nSPS) is 35.9. The minimum atomic E-state index is -0.449. The molecule has 2 nitrogen and oxygen atoms in total. The van der Waals surface area contributed by atoms with Gasteiger partial charge in [0.1, 0.15) is 0 Å². The van der Waals surface area contributed by atoms with Crippen LogP contribution in [0, 0.1) is 17.3 Å². The number of aliphatic hydroxyl groups is 1. The fraction of sp³-hybridized carbons (Fsp3) is 0.600. The smallest absolute Gasteiger partial charge is 0.0861 e. The number of hydrogen-bond acceptors (Lipinski definition) is 2. The van der Waals surface area contributed by atoms with E-state index in [1.54, 1.807) is 0 Å². The predicted octanol–water partition coefficient (Wildman–Crippen LogP) is 3.14. The summed E-state index contributed by atoms with van der Waals surface area (Å²) in [6.45, 7) is 0.581. The van der Waals surface area contributed by atoms with Crippen molar-refractivity contribution in [3.8, 4) is 0 Å². The third kappa shape index (κ3) is 1.78. The first-order valence-electron chi connectivity index (χ1n) is 6.79. The highest BCUT2D eigenvalue weighted by Crippen LogP contribution is 2.60. The van der Waals surface area contributed by atoms with Crippen LogP contribution in [-0.2, 0) is 0 Å². The Kier molecular flexibility index (Phi) is 3.13. The van der Waals surface area contributed by atoms with E-state index in [1.807, 2.05) is 24.3 Å². The molecule has 1 aromatic rings. The van der Waals surface area contributed by atoms with Gasteiger partial charge in [0.05, 0.1) is 6.10 Å². The van der Waals surface area contributed by atoms with E-state index in [0.717, 1.165) is 17.9 Å². The zero-order valence-corrected chi connectivity index (χ0v) is 11.2. The van der Waals surface area contributed by atoms with Crippen LogP contribution in [0.25, 0.3) is 0 Å². The second-order valence-electron chi connectivity index (χ2n) is 5.97. The molecule has 0 amide bonds. The van der Waals surface area contributed by atoms with E-state index >= 15 is 0 Å². The predicted molar refractivity (Wildman–Crippen MR) is 73.3 cm³/mol. The first kappa shape index (κ1) is 12.5. The number of hydrogen-bond donors (Lipinski definition) is 2. The molecular formula is C15H20ClNO. The highest BCUT2D eigenvalue weighted by molar-refractivity contribution is 6.30. The molecule has 1 aromatic carbocycles. The summed E-state index contributed by atoms with van der Waals surface area (Å²) >= 11 is 5.90. The van der Waals surface area contributed by atoms with E-state index < -0.39 is 6.10 Å². The van der Waals surface area contributed by atoms with Crippen LogP contribution in [0.2, 0.25) is 5.02 Å². The first-order chi connectivity index (χ1) is 8.65. The summed E-state index contributed by atoms with van der Waals surface area (Å²) in [4.78, 5) is 0. The number of rotatable bonds is 3. The molecule has 3 N–H and O–H groups in total. The second-order valence-corrected chi connectivity index (χ2v) is 6.41. The molecule has 0 aromatic heterocycles. The molecule has 4 unspecified atom stereocenters. The van der Waals surface area contributed by atoms with E-state index in [1.165, 1.54) is 19.3 Å². The van der Waals surface area contributed by atoms with Crippen molar-refractivity contribution in [2.45, 2.75) is 31.8 Å². The van der Waals surface area contributed by atoms with Crippen LogP contribution >= 0.6 is 11.6 Å². The number of nitrogens with two attached hydrogens (primary N) is 1. The molecule has 4 atom stereocenters. The van der Waals surface area contributed by atoms with Crippen LogP contribution in [0.15, 0.2) is 24.3 Å². The summed E-state index contributed by atoms with van der Waals surface area (Å²) in [5, 5.41) is 11.5. The van der Waals surface area contributed by atoms with Gasteiger partial charge in [-0.3, -0.25) is 0 Å². The molecular weight excluding hydrogens is 246 g/mol. The first-order valence-corrected chi connectivity index (χ1v) is 7.17. The number of benzene rings is 1.